The van der Waals surface area contributed by atoms with Crippen LogP contribution >= 0.6 is 0 Å². The lowest BCUT2D eigenvalue weighted by molar-refractivity contribution is -0.117. The summed E-state index contributed by atoms with van der Waals surface area (Å²) in [4.78, 5) is 16.2. The molecule has 1 unspecified atom stereocenters. The van der Waals surface area contributed by atoms with Crippen molar-refractivity contribution in [2.45, 2.75) is 19.8 Å². The van der Waals surface area contributed by atoms with E-state index in [9.17, 15) is 9.90 Å². The molecule has 0 fully saturated rings. The van der Waals surface area contributed by atoms with Gasteiger partial charge < -0.3 is 5.11 Å². The molecule has 0 aliphatic rings. The van der Waals surface area contributed by atoms with Crippen LogP contribution in [0, 0.1) is 6.92 Å². The lowest BCUT2D eigenvalue weighted by Crippen LogP contribution is -2.13. The lowest BCUT2D eigenvalue weighted by Gasteiger charge is -2.16. The van der Waals surface area contributed by atoms with Gasteiger partial charge >= 0.3 is 0 Å². The molecular formula is C15H15NO2. The van der Waals surface area contributed by atoms with Crippen molar-refractivity contribution in [1.82, 2.24) is 4.98 Å². The Morgan fingerprint density at radius 2 is 1.94 bits per heavy atom. The smallest absolute Gasteiger partial charge is 0.143 e. The van der Waals surface area contributed by atoms with E-state index in [0.717, 1.165) is 5.56 Å². The van der Waals surface area contributed by atoms with E-state index in [1.165, 1.54) is 6.92 Å². The van der Waals surface area contributed by atoms with Crippen molar-refractivity contribution in [1.29, 1.82) is 0 Å². The molecule has 2 rings (SSSR count). The van der Waals surface area contributed by atoms with Crippen LogP contribution in [0.25, 0.3) is 0 Å². The van der Waals surface area contributed by atoms with Crippen LogP contribution in [0.2, 0.25) is 0 Å². The number of phenolic OH excluding ortho intramolecular Hbond substituents is 1. The van der Waals surface area contributed by atoms with Gasteiger partial charge in [-0.1, -0.05) is 24.3 Å². The molecule has 0 amide bonds. The van der Waals surface area contributed by atoms with Crippen LogP contribution in [-0.4, -0.2) is 15.9 Å². The van der Waals surface area contributed by atoms with Gasteiger partial charge in [-0.25, -0.2) is 0 Å². The zero-order valence-corrected chi connectivity index (χ0v) is 10.4. The number of phenols is 1. The van der Waals surface area contributed by atoms with Crippen LogP contribution in [0.4, 0.5) is 0 Å². The number of ketones is 1. The third kappa shape index (κ3) is 2.25. The summed E-state index contributed by atoms with van der Waals surface area (Å²) >= 11 is 0. The molecule has 3 nitrogen and oxygen atoms in total. The molecule has 0 bridgehead atoms. The first kappa shape index (κ1) is 12.3. The maximum Gasteiger partial charge on any atom is 0.143 e. The van der Waals surface area contributed by atoms with Crippen LogP contribution in [0.3, 0.4) is 0 Å². The first-order valence-corrected chi connectivity index (χ1v) is 5.81. The molecule has 1 aromatic heterocycles. The number of carbonyl (C=O) groups excluding carboxylic acids is 1. The molecule has 0 radical (unpaired) electrons. The molecule has 1 atom stereocenters. The molecule has 0 aliphatic carbocycles. The zero-order valence-electron chi connectivity index (χ0n) is 10.4. The Hall–Kier alpha value is -2.16. The van der Waals surface area contributed by atoms with Gasteiger partial charge in [0.1, 0.15) is 11.5 Å². The summed E-state index contributed by atoms with van der Waals surface area (Å²) in [6, 6.07) is 10.6. The number of carbonyl (C=O) groups is 1. The van der Waals surface area contributed by atoms with Gasteiger partial charge in [-0.15, -0.1) is 0 Å². The Labute approximate surface area is 106 Å². The van der Waals surface area contributed by atoms with Crippen molar-refractivity contribution in [2.24, 2.45) is 0 Å². The molecule has 0 saturated carbocycles. The number of nitrogens with zero attached hydrogens (tertiary/aromatic N) is 1. The average molecular weight is 241 g/mol. The molecule has 0 spiro atoms. The summed E-state index contributed by atoms with van der Waals surface area (Å²) in [5.74, 6) is -0.409. The number of pyridine rings is 1. The molecule has 2 aromatic rings. The molecular weight excluding hydrogens is 226 g/mol. The van der Waals surface area contributed by atoms with E-state index >= 15 is 0 Å². The van der Waals surface area contributed by atoms with Crippen LogP contribution < -0.4 is 0 Å². The average Bonchev–Trinajstić information content (AvgIpc) is 2.34. The van der Waals surface area contributed by atoms with Crippen molar-refractivity contribution >= 4 is 5.78 Å². The van der Waals surface area contributed by atoms with Crippen LogP contribution in [0.5, 0.6) is 5.75 Å². The van der Waals surface area contributed by atoms with Gasteiger partial charge in [-0.3, -0.25) is 9.78 Å². The topological polar surface area (TPSA) is 50.2 Å². The van der Waals surface area contributed by atoms with E-state index < -0.39 is 5.92 Å². The summed E-state index contributed by atoms with van der Waals surface area (Å²) in [5.41, 5.74) is 2.25. The number of benzene rings is 1. The van der Waals surface area contributed by atoms with E-state index in [1.807, 2.05) is 25.1 Å². The number of hydrogen-bond donors (Lipinski definition) is 1. The molecule has 0 saturated heterocycles. The van der Waals surface area contributed by atoms with E-state index in [-0.39, 0.29) is 11.5 Å². The number of aryl methyl sites for hydroxylation is 1. The van der Waals surface area contributed by atoms with Gasteiger partial charge in [0.25, 0.3) is 0 Å². The fourth-order valence-corrected chi connectivity index (χ4v) is 2.09. The number of rotatable bonds is 3. The highest BCUT2D eigenvalue weighted by Gasteiger charge is 2.24. The Bertz CT molecular complexity index is 533. The van der Waals surface area contributed by atoms with Crippen molar-refractivity contribution in [3.8, 4) is 5.75 Å². The number of hydrogen-bond acceptors (Lipinski definition) is 3. The molecule has 0 aliphatic heterocycles. The van der Waals surface area contributed by atoms with Gasteiger partial charge in [-0.2, -0.15) is 0 Å². The number of aromatic hydroxyl groups is 1. The maximum absolute atomic E-state index is 11.9. The fraction of sp³-hybridized carbons (Fsp3) is 0.200. The SMILES string of the molecule is CC(=O)C(c1ccccc1O)c1ncccc1C. The number of aromatic nitrogens is 1. The Morgan fingerprint density at radius 1 is 1.22 bits per heavy atom. The van der Waals surface area contributed by atoms with E-state index in [0.29, 0.717) is 11.3 Å². The molecule has 3 heteroatoms. The van der Waals surface area contributed by atoms with Gasteiger partial charge in [0.2, 0.25) is 0 Å². The normalized spacial score (nSPS) is 12.1. The van der Waals surface area contributed by atoms with E-state index in [1.54, 1.807) is 24.4 Å². The van der Waals surface area contributed by atoms with Crippen molar-refractivity contribution < 1.29 is 9.90 Å². The Kier molecular flexibility index (Phi) is 3.42. The first-order valence-electron chi connectivity index (χ1n) is 5.81. The third-order valence-corrected chi connectivity index (χ3v) is 2.98. The van der Waals surface area contributed by atoms with Crippen molar-refractivity contribution in [3.05, 3.63) is 59.4 Å². The van der Waals surface area contributed by atoms with E-state index in [2.05, 4.69) is 4.98 Å². The van der Waals surface area contributed by atoms with Crippen LogP contribution in [-0.2, 0) is 4.79 Å². The number of Topliss-reactive ketones (excluding diaryl/α,β-unsaturated/α-hetero) is 1. The summed E-state index contributed by atoms with van der Waals surface area (Å²) in [7, 11) is 0. The Morgan fingerprint density at radius 3 is 2.56 bits per heavy atom. The second-order valence-corrected chi connectivity index (χ2v) is 4.31. The minimum Gasteiger partial charge on any atom is -0.508 e. The summed E-state index contributed by atoms with van der Waals surface area (Å²) in [6.07, 6.45) is 1.66. The zero-order chi connectivity index (χ0) is 13.1. The van der Waals surface area contributed by atoms with Crippen molar-refractivity contribution in [2.75, 3.05) is 0 Å². The molecule has 1 aromatic carbocycles. The second kappa shape index (κ2) is 5.00. The van der Waals surface area contributed by atoms with E-state index in [4.69, 9.17) is 0 Å². The minimum absolute atomic E-state index is 0.0294. The highest BCUT2D eigenvalue weighted by atomic mass is 16.3. The third-order valence-electron chi connectivity index (χ3n) is 2.98. The largest absolute Gasteiger partial charge is 0.508 e. The first-order chi connectivity index (χ1) is 8.61. The molecule has 92 valence electrons. The quantitative estimate of drug-likeness (QED) is 0.899. The minimum atomic E-state index is -0.507. The molecule has 1 N–H and O–H groups in total. The van der Waals surface area contributed by atoms with Gasteiger partial charge in [-0.05, 0) is 31.5 Å². The molecule has 18 heavy (non-hydrogen) atoms. The summed E-state index contributed by atoms with van der Waals surface area (Å²) in [5, 5.41) is 9.90. The van der Waals surface area contributed by atoms with Crippen molar-refractivity contribution in [3.63, 3.8) is 0 Å². The maximum atomic E-state index is 11.9. The highest BCUT2D eigenvalue weighted by Crippen LogP contribution is 2.32. The summed E-state index contributed by atoms with van der Waals surface area (Å²) < 4.78 is 0. The fourth-order valence-electron chi connectivity index (χ4n) is 2.09. The van der Waals surface area contributed by atoms with Gasteiger partial charge in [0.15, 0.2) is 0 Å². The highest BCUT2D eigenvalue weighted by molar-refractivity contribution is 5.87. The van der Waals surface area contributed by atoms with Gasteiger partial charge in [0, 0.05) is 11.8 Å². The second-order valence-electron chi connectivity index (χ2n) is 4.31. The van der Waals surface area contributed by atoms with Crippen LogP contribution in [0.15, 0.2) is 42.6 Å². The lowest BCUT2D eigenvalue weighted by atomic mass is 9.89. The number of para-hydroxylation sites is 1. The summed E-state index contributed by atoms with van der Waals surface area (Å²) in [6.45, 7) is 3.43. The standard InChI is InChI=1S/C15H15NO2/c1-10-6-5-9-16-15(10)14(11(2)17)12-7-3-4-8-13(12)18/h3-9,14,18H,1-2H3. The predicted octanol–water partition coefficient (Wildman–Crippen LogP) is 2.82. The van der Waals surface area contributed by atoms with Crippen LogP contribution in [0.1, 0.15) is 29.7 Å². The molecule has 1 heterocycles. The predicted molar refractivity (Wildman–Crippen MR) is 69.6 cm³/mol. The van der Waals surface area contributed by atoms with Gasteiger partial charge in [0.05, 0.1) is 11.6 Å². The monoisotopic (exact) mass is 241 g/mol. The Balaban J connectivity index is 2.58.